The van der Waals surface area contributed by atoms with Gasteiger partial charge in [0.2, 0.25) is 0 Å². The maximum absolute atomic E-state index is 11.3. The van der Waals surface area contributed by atoms with Crippen molar-refractivity contribution in [2.75, 3.05) is 32.5 Å². The lowest BCUT2D eigenvalue weighted by Crippen LogP contribution is -2.41. The van der Waals surface area contributed by atoms with Gasteiger partial charge in [-0.25, -0.2) is 0 Å². The van der Waals surface area contributed by atoms with Gasteiger partial charge in [-0.05, 0) is 98.2 Å². The van der Waals surface area contributed by atoms with Gasteiger partial charge in [0.05, 0.1) is 18.7 Å². The molecule has 37 heavy (non-hydrogen) atoms. The van der Waals surface area contributed by atoms with Crippen LogP contribution in [0.5, 0.6) is 5.75 Å². The summed E-state index contributed by atoms with van der Waals surface area (Å²) in [5.41, 5.74) is 1.70. The summed E-state index contributed by atoms with van der Waals surface area (Å²) in [5, 5.41) is 22.1. The molecule has 0 amide bonds. The summed E-state index contributed by atoms with van der Waals surface area (Å²) in [6.07, 6.45) is 4.52. The lowest BCUT2D eigenvalue weighted by Gasteiger charge is -2.39. The topological polar surface area (TPSA) is 82.9 Å². The Morgan fingerprint density at radius 2 is 2.00 bits per heavy atom. The van der Waals surface area contributed by atoms with Crippen LogP contribution < -0.4 is 4.74 Å². The van der Waals surface area contributed by atoms with Crippen LogP contribution >= 0.6 is 23.4 Å². The number of nitrogens with zero attached hydrogens (tertiary/aromatic N) is 2. The van der Waals surface area contributed by atoms with E-state index in [9.17, 15) is 15.0 Å². The number of fused-ring (bicyclic) bond motifs is 1. The fraction of sp³-hybridized carbons (Fsp3) is 0.448. The van der Waals surface area contributed by atoms with E-state index in [0.29, 0.717) is 24.7 Å². The second kappa shape index (κ2) is 13.5. The largest absolute Gasteiger partial charge is 0.497 e. The lowest BCUT2D eigenvalue weighted by atomic mass is 9.79. The van der Waals surface area contributed by atoms with Crippen LogP contribution in [0.15, 0.2) is 59.6 Å². The molecule has 3 aromatic rings. The third-order valence-corrected chi connectivity index (χ3v) is 8.59. The number of hydrogen-bond donors (Lipinski definition) is 2. The molecular weight excluding hydrogens is 508 g/mol. The maximum atomic E-state index is 11.3. The summed E-state index contributed by atoms with van der Waals surface area (Å²) >= 11 is 7.80. The molecule has 0 spiro atoms. The number of carboxylic acids is 1. The molecule has 1 aliphatic heterocycles. The number of hydrogen-bond acceptors (Lipinski definition) is 6. The number of methoxy groups -OCH3 is 1. The van der Waals surface area contributed by atoms with Crippen molar-refractivity contribution in [2.24, 2.45) is 11.8 Å². The van der Waals surface area contributed by atoms with Gasteiger partial charge in [-0.3, -0.25) is 9.78 Å². The summed E-state index contributed by atoms with van der Waals surface area (Å²) in [4.78, 5) is 19.4. The highest BCUT2D eigenvalue weighted by molar-refractivity contribution is 7.99. The number of aliphatic carboxylic acids is 1. The molecule has 1 saturated heterocycles. The van der Waals surface area contributed by atoms with Crippen LogP contribution in [0.4, 0.5) is 0 Å². The number of aliphatic hydroxyl groups is 1. The molecule has 4 rings (SSSR count). The van der Waals surface area contributed by atoms with Crippen molar-refractivity contribution in [1.29, 1.82) is 0 Å². The molecule has 0 radical (unpaired) electrons. The summed E-state index contributed by atoms with van der Waals surface area (Å²) in [6, 6.07) is 15.5. The first-order chi connectivity index (χ1) is 17.9. The average Bonchev–Trinajstić information content (AvgIpc) is 2.91. The minimum Gasteiger partial charge on any atom is -0.497 e. The number of piperidine rings is 1. The van der Waals surface area contributed by atoms with Crippen LogP contribution in [0.25, 0.3) is 10.9 Å². The van der Waals surface area contributed by atoms with E-state index >= 15 is 0 Å². The van der Waals surface area contributed by atoms with Crippen molar-refractivity contribution in [3.05, 3.63) is 65.3 Å². The number of thioether (sulfide) groups is 1. The highest BCUT2D eigenvalue weighted by atomic mass is 35.5. The van der Waals surface area contributed by atoms with Crippen LogP contribution in [-0.2, 0) is 4.79 Å². The molecule has 3 atom stereocenters. The molecular formula is C29H35ClN2O4S. The predicted octanol–water partition coefficient (Wildman–Crippen LogP) is 6.31. The van der Waals surface area contributed by atoms with E-state index in [1.54, 1.807) is 13.3 Å². The van der Waals surface area contributed by atoms with Crippen molar-refractivity contribution in [2.45, 2.75) is 43.1 Å². The molecule has 2 heterocycles. The number of likely N-dealkylation sites (tertiary alicyclic amines) is 1. The van der Waals surface area contributed by atoms with E-state index in [1.165, 1.54) is 4.90 Å². The number of carboxylic acid groups (broad SMARTS) is 1. The van der Waals surface area contributed by atoms with Crippen molar-refractivity contribution in [3.8, 4) is 5.75 Å². The van der Waals surface area contributed by atoms with E-state index in [4.69, 9.17) is 16.3 Å². The number of benzene rings is 2. The zero-order chi connectivity index (χ0) is 26.2. The van der Waals surface area contributed by atoms with Crippen LogP contribution in [0, 0.1) is 11.8 Å². The normalized spacial score (nSPS) is 19.1. The summed E-state index contributed by atoms with van der Waals surface area (Å²) < 4.78 is 5.37. The van der Waals surface area contributed by atoms with Crippen molar-refractivity contribution in [3.63, 3.8) is 0 Å². The summed E-state index contributed by atoms with van der Waals surface area (Å²) in [6.45, 7) is 2.88. The molecule has 1 aromatic heterocycles. The summed E-state index contributed by atoms with van der Waals surface area (Å²) in [5.74, 6) is 1.69. The van der Waals surface area contributed by atoms with Gasteiger partial charge in [0.25, 0.3) is 0 Å². The Bertz CT molecular complexity index is 1180. The first-order valence-electron chi connectivity index (χ1n) is 12.9. The van der Waals surface area contributed by atoms with Crippen LogP contribution in [0.3, 0.4) is 0 Å². The zero-order valence-electron chi connectivity index (χ0n) is 21.2. The fourth-order valence-corrected chi connectivity index (χ4v) is 6.33. The minimum atomic E-state index is -0.744. The van der Waals surface area contributed by atoms with Crippen LogP contribution in [0.2, 0.25) is 5.02 Å². The Hall–Kier alpha value is -2.32. The molecule has 1 fully saturated rings. The van der Waals surface area contributed by atoms with Crippen LogP contribution in [-0.4, -0.2) is 58.6 Å². The molecule has 0 aliphatic carbocycles. The van der Waals surface area contributed by atoms with E-state index in [1.807, 2.05) is 60.3 Å². The van der Waals surface area contributed by atoms with Gasteiger partial charge in [-0.1, -0.05) is 11.6 Å². The van der Waals surface area contributed by atoms with Gasteiger partial charge in [0.15, 0.2) is 0 Å². The first-order valence-corrected chi connectivity index (χ1v) is 14.2. The fourth-order valence-electron chi connectivity index (χ4n) is 5.29. The standard InChI is InChI=1S/C29H35ClN2O4S/c1-36-23-6-9-27-26(18-23)25(12-14-31-27)28(33)10-2-20-13-15-32(19-21(20)3-11-29(34)35)16-17-37-24-7-4-22(30)5-8-24/h4-9,12,14,18,20-21,28,33H,2-3,10-11,13,15-17,19H2,1H3,(H,34,35)/t20-,21+,28?/m1/s1. The van der Waals surface area contributed by atoms with Crippen molar-refractivity contribution in [1.82, 2.24) is 9.88 Å². The Morgan fingerprint density at radius 3 is 2.76 bits per heavy atom. The third-order valence-electron chi connectivity index (χ3n) is 7.35. The van der Waals surface area contributed by atoms with Crippen molar-refractivity contribution >= 4 is 40.2 Å². The number of pyridine rings is 1. The third kappa shape index (κ3) is 7.84. The molecule has 0 saturated carbocycles. The number of ether oxygens (including phenoxy) is 1. The number of rotatable bonds is 12. The van der Waals surface area contributed by atoms with E-state index in [2.05, 4.69) is 9.88 Å². The van der Waals surface area contributed by atoms with Gasteiger partial charge in [0, 0.05) is 46.8 Å². The molecule has 1 aliphatic rings. The van der Waals surface area contributed by atoms with Gasteiger partial charge in [-0.2, -0.15) is 0 Å². The number of aromatic nitrogens is 1. The van der Waals surface area contributed by atoms with Gasteiger partial charge in [-0.15, -0.1) is 11.8 Å². The Balaban J connectivity index is 1.34. The van der Waals surface area contributed by atoms with E-state index in [0.717, 1.165) is 65.5 Å². The number of carbonyl (C=O) groups is 1. The summed E-state index contributed by atoms with van der Waals surface area (Å²) in [7, 11) is 1.63. The average molecular weight is 543 g/mol. The monoisotopic (exact) mass is 542 g/mol. The first kappa shape index (κ1) is 27.7. The second-order valence-corrected chi connectivity index (χ2v) is 11.3. The zero-order valence-corrected chi connectivity index (χ0v) is 22.8. The number of halogens is 1. The minimum absolute atomic E-state index is 0.186. The highest BCUT2D eigenvalue weighted by Crippen LogP contribution is 2.35. The molecule has 0 bridgehead atoms. The molecule has 1 unspecified atom stereocenters. The van der Waals surface area contributed by atoms with Gasteiger partial charge in [0.1, 0.15) is 5.75 Å². The quantitative estimate of drug-likeness (QED) is 0.260. The lowest BCUT2D eigenvalue weighted by molar-refractivity contribution is -0.137. The Kier molecular flexibility index (Phi) is 10.1. The van der Waals surface area contributed by atoms with Gasteiger partial charge < -0.3 is 19.8 Å². The van der Waals surface area contributed by atoms with Crippen LogP contribution in [0.1, 0.15) is 43.8 Å². The molecule has 2 N–H and O–H groups in total. The van der Waals surface area contributed by atoms with Gasteiger partial charge >= 0.3 is 5.97 Å². The molecule has 8 heteroatoms. The second-order valence-electron chi connectivity index (χ2n) is 9.72. The highest BCUT2D eigenvalue weighted by Gasteiger charge is 2.30. The molecule has 198 valence electrons. The Labute approximate surface area is 228 Å². The SMILES string of the molecule is COc1ccc2nccc(C(O)CC[C@@H]3CCN(CCSc4ccc(Cl)cc4)C[C@@H]3CCC(=O)O)c2c1. The van der Waals surface area contributed by atoms with E-state index < -0.39 is 12.1 Å². The molecule has 2 aromatic carbocycles. The maximum Gasteiger partial charge on any atom is 0.303 e. The number of aliphatic hydroxyl groups excluding tert-OH is 1. The predicted molar refractivity (Wildman–Crippen MR) is 150 cm³/mol. The van der Waals surface area contributed by atoms with Crippen molar-refractivity contribution < 1.29 is 19.7 Å². The smallest absolute Gasteiger partial charge is 0.303 e. The van der Waals surface area contributed by atoms with E-state index in [-0.39, 0.29) is 6.42 Å². The molecule has 6 nitrogen and oxygen atoms in total. The Morgan fingerprint density at radius 1 is 1.19 bits per heavy atom.